The zero-order chi connectivity index (χ0) is 21.5. The number of hydrogen-bond donors (Lipinski definition) is 4. The van der Waals surface area contributed by atoms with Crippen LogP contribution >= 0.6 is 12.2 Å². The van der Waals surface area contributed by atoms with Crippen molar-refractivity contribution in [1.82, 2.24) is 16.2 Å². The lowest BCUT2D eigenvalue weighted by atomic mass is 10.1. The Kier molecular flexibility index (Phi) is 6.61. The highest BCUT2D eigenvalue weighted by molar-refractivity contribution is 7.80. The van der Waals surface area contributed by atoms with Crippen molar-refractivity contribution in [3.8, 4) is 11.5 Å². The largest absolute Gasteiger partial charge is 0.507 e. The predicted octanol–water partition coefficient (Wildman–Crippen LogP) is 2.90. The SMILES string of the molecule is COc1ccc(C=CC(=O)NC(=S)NNC(=O)c2cc3ccccc3cc2O)cc1. The monoisotopic (exact) mass is 421 g/mol. The van der Waals surface area contributed by atoms with Gasteiger partial charge in [0.1, 0.15) is 11.5 Å². The van der Waals surface area contributed by atoms with Crippen LogP contribution in [0.25, 0.3) is 16.8 Å². The van der Waals surface area contributed by atoms with E-state index >= 15 is 0 Å². The summed E-state index contributed by atoms with van der Waals surface area (Å²) >= 11 is 5.00. The van der Waals surface area contributed by atoms with E-state index in [9.17, 15) is 14.7 Å². The van der Waals surface area contributed by atoms with E-state index in [1.54, 1.807) is 43.5 Å². The molecule has 3 aromatic rings. The molecule has 0 unspecified atom stereocenters. The highest BCUT2D eigenvalue weighted by Crippen LogP contribution is 2.24. The van der Waals surface area contributed by atoms with Gasteiger partial charge in [0, 0.05) is 6.08 Å². The molecule has 3 rings (SSSR count). The Hall–Kier alpha value is -3.91. The van der Waals surface area contributed by atoms with Gasteiger partial charge < -0.3 is 9.84 Å². The number of carbonyl (C=O) groups is 2. The van der Waals surface area contributed by atoms with Crippen molar-refractivity contribution >= 4 is 46.0 Å². The molecule has 0 saturated carbocycles. The molecule has 0 spiro atoms. The van der Waals surface area contributed by atoms with Crippen molar-refractivity contribution in [2.75, 3.05) is 7.11 Å². The average molecular weight is 421 g/mol. The summed E-state index contributed by atoms with van der Waals surface area (Å²) in [5, 5.41) is 14.0. The second kappa shape index (κ2) is 9.53. The Morgan fingerprint density at radius 1 is 1.00 bits per heavy atom. The number of benzene rings is 3. The normalized spacial score (nSPS) is 10.6. The zero-order valence-electron chi connectivity index (χ0n) is 16.0. The lowest BCUT2D eigenvalue weighted by molar-refractivity contribution is -0.115. The van der Waals surface area contributed by atoms with E-state index in [4.69, 9.17) is 17.0 Å². The molecule has 152 valence electrons. The van der Waals surface area contributed by atoms with E-state index in [2.05, 4.69) is 16.2 Å². The van der Waals surface area contributed by atoms with E-state index in [1.165, 1.54) is 12.1 Å². The maximum absolute atomic E-state index is 12.3. The third-order valence-electron chi connectivity index (χ3n) is 4.18. The number of hydrazine groups is 1. The molecule has 2 amide bonds. The summed E-state index contributed by atoms with van der Waals surface area (Å²) in [7, 11) is 1.58. The van der Waals surface area contributed by atoms with Gasteiger partial charge in [-0.3, -0.25) is 25.8 Å². The summed E-state index contributed by atoms with van der Waals surface area (Å²) in [6.07, 6.45) is 2.93. The van der Waals surface area contributed by atoms with Crippen LogP contribution < -0.4 is 20.9 Å². The van der Waals surface area contributed by atoms with Gasteiger partial charge in [-0.05, 0) is 58.9 Å². The molecule has 0 saturated heterocycles. The number of phenolic OH excluding ortho intramolecular Hbond substituents is 1. The topological polar surface area (TPSA) is 99.7 Å². The maximum Gasteiger partial charge on any atom is 0.273 e. The van der Waals surface area contributed by atoms with E-state index in [1.807, 2.05) is 24.3 Å². The molecular weight excluding hydrogens is 402 g/mol. The van der Waals surface area contributed by atoms with Crippen molar-refractivity contribution in [1.29, 1.82) is 0 Å². The summed E-state index contributed by atoms with van der Waals surface area (Å²) in [6.45, 7) is 0. The first-order chi connectivity index (χ1) is 14.5. The second-order valence-electron chi connectivity index (χ2n) is 6.22. The molecule has 0 aliphatic heterocycles. The van der Waals surface area contributed by atoms with Crippen LogP contribution in [-0.4, -0.2) is 29.1 Å². The number of rotatable bonds is 4. The molecule has 0 aliphatic carbocycles. The minimum absolute atomic E-state index is 0.0785. The van der Waals surface area contributed by atoms with E-state index in [-0.39, 0.29) is 16.4 Å². The van der Waals surface area contributed by atoms with Crippen molar-refractivity contribution in [2.24, 2.45) is 0 Å². The zero-order valence-corrected chi connectivity index (χ0v) is 16.8. The molecule has 30 heavy (non-hydrogen) atoms. The van der Waals surface area contributed by atoms with Gasteiger partial charge in [-0.15, -0.1) is 0 Å². The van der Waals surface area contributed by atoms with Crippen molar-refractivity contribution < 1.29 is 19.4 Å². The van der Waals surface area contributed by atoms with Crippen molar-refractivity contribution in [2.45, 2.75) is 0 Å². The minimum atomic E-state index is -0.594. The first-order valence-electron chi connectivity index (χ1n) is 8.91. The number of carbonyl (C=O) groups excluding carboxylic acids is 2. The molecule has 0 aliphatic rings. The van der Waals surface area contributed by atoms with Gasteiger partial charge in [0.2, 0.25) is 5.91 Å². The van der Waals surface area contributed by atoms with Gasteiger partial charge in [-0.25, -0.2) is 0 Å². The second-order valence-corrected chi connectivity index (χ2v) is 6.63. The molecule has 8 heteroatoms. The molecule has 0 aromatic heterocycles. The average Bonchev–Trinajstić information content (AvgIpc) is 2.76. The summed E-state index contributed by atoms with van der Waals surface area (Å²) < 4.78 is 5.08. The standard InChI is InChI=1S/C22H19N3O4S/c1-29-17-9-6-14(7-10-17)8-11-20(27)23-22(30)25-24-21(28)18-12-15-4-2-3-5-16(15)13-19(18)26/h2-13,26H,1H3,(H,24,28)(H2,23,25,27,30). The third-order valence-corrected chi connectivity index (χ3v) is 4.38. The lowest BCUT2D eigenvalue weighted by Gasteiger charge is -2.11. The van der Waals surface area contributed by atoms with E-state index in [0.717, 1.165) is 22.1 Å². The molecule has 0 fully saturated rings. The summed E-state index contributed by atoms with van der Waals surface area (Å²) in [4.78, 5) is 24.3. The van der Waals surface area contributed by atoms with Crippen LogP contribution in [0.15, 0.2) is 66.7 Å². The van der Waals surface area contributed by atoms with Crippen molar-refractivity contribution in [3.05, 3.63) is 77.9 Å². The molecule has 0 heterocycles. The van der Waals surface area contributed by atoms with Crippen LogP contribution in [0.5, 0.6) is 11.5 Å². The van der Waals surface area contributed by atoms with Crippen LogP contribution in [0.3, 0.4) is 0 Å². The Labute approximate surface area is 178 Å². The summed E-state index contributed by atoms with van der Waals surface area (Å²) in [5.74, 6) is -0.504. The van der Waals surface area contributed by atoms with Crippen LogP contribution in [0.4, 0.5) is 0 Å². The van der Waals surface area contributed by atoms with Gasteiger partial charge in [0.25, 0.3) is 5.91 Å². The van der Waals surface area contributed by atoms with Gasteiger partial charge in [-0.2, -0.15) is 0 Å². The number of aromatic hydroxyl groups is 1. The predicted molar refractivity (Wildman–Crippen MR) is 119 cm³/mol. The van der Waals surface area contributed by atoms with Crippen LogP contribution in [-0.2, 0) is 4.79 Å². The Morgan fingerprint density at radius 3 is 2.33 bits per heavy atom. The smallest absolute Gasteiger partial charge is 0.273 e. The van der Waals surface area contributed by atoms with Crippen LogP contribution in [0.1, 0.15) is 15.9 Å². The third kappa shape index (κ3) is 5.33. The molecule has 4 N–H and O–H groups in total. The lowest BCUT2D eigenvalue weighted by Crippen LogP contribution is -2.48. The van der Waals surface area contributed by atoms with E-state index < -0.39 is 11.8 Å². The Balaban J connectivity index is 1.53. The van der Waals surface area contributed by atoms with Gasteiger partial charge in [0.05, 0.1) is 12.7 Å². The number of thiocarbonyl (C=S) groups is 1. The number of phenols is 1. The quantitative estimate of drug-likeness (QED) is 0.294. The van der Waals surface area contributed by atoms with Crippen LogP contribution in [0, 0.1) is 0 Å². The fraction of sp³-hybridized carbons (Fsp3) is 0.0455. The molecule has 0 radical (unpaired) electrons. The number of methoxy groups -OCH3 is 1. The van der Waals surface area contributed by atoms with Gasteiger partial charge >= 0.3 is 0 Å². The van der Waals surface area contributed by atoms with Crippen molar-refractivity contribution in [3.63, 3.8) is 0 Å². The molecule has 0 atom stereocenters. The highest BCUT2D eigenvalue weighted by Gasteiger charge is 2.13. The van der Waals surface area contributed by atoms with Gasteiger partial charge in [0.15, 0.2) is 5.11 Å². The summed E-state index contributed by atoms with van der Waals surface area (Å²) in [5.41, 5.74) is 5.68. The number of ether oxygens (including phenoxy) is 1. The first-order valence-corrected chi connectivity index (χ1v) is 9.32. The number of hydrogen-bond acceptors (Lipinski definition) is 5. The Bertz CT molecular complexity index is 1130. The molecule has 0 bridgehead atoms. The summed E-state index contributed by atoms with van der Waals surface area (Å²) in [6, 6.07) is 17.6. The van der Waals surface area contributed by atoms with E-state index in [0.29, 0.717) is 0 Å². The van der Waals surface area contributed by atoms with Gasteiger partial charge in [-0.1, -0.05) is 36.4 Å². The first kappa shape index (κ1) is 20.8. The highest BCUT2D eigenvalue weighted by atomic mass is 32.1. The number of amides is 2. The number of nitrogens with one attached hydrogen (secondary N) is 3. The molecule has 7 nitrogen and oxygen atoms in total. The fourth-order valence-electron chi connectivity index (χ4n) is 2.66. The fourth-order valence-corrected chi connectivity index (χ4v) is 2.81. The molecular formula is C22H19N3O4S. The molecule has 3 aromatic carbocycles. The maximum atomic E-state index is 12.3. The Morgan fingerprint density at radius 2 is 1.67 bits per heavy atom. The van der Waals surface area contributed by atoms with Crippen LogP contribution in [0.2, 0.25) is 0 Å². The minimum Gasteiger partial charge on any atom is -0.507 e. The number of fused-ring (bicyclic) bond motifs is 1.